The van der Waals surface area contributed by atoms with E-state index in [2.05, 4.69) is 10.3 Å². The van der Waals surface area contributed by atoms with Crippen molar-refractivity contribution in [1.29, 1.82) is 0 Å². The van der Waals surface area contributed by atoms with E-state index in [1.54, 1.807) is 18.4 Å². The molecular formula is C10H10N2O3S. The second kappa shape index (κ2) is 4.46. The van der Waals surface area contributed by atoms with Crippen molar-refractivity contribution in [3.63, 3.8) is 0 Å². The average Bonchev–Trinajstić information content (AvgIpc) is 2.87. The number of aliphatic hydroxyl groups is 1. The number of thiazole rings is 1. The molecule has 0 aliphatic heterocycles. The Morgan fingerprint density at radius 3 is 3.06 bits per heavy atom. The zero-order valence-electron chi connectivity index (χ0n) is 8.51. The van der Waals surface area contributed by atoms with Crippen LogP contribution in [0.15, 0.2) is 28.4 Å². The second-order valence-electron chi connectivity index (χ2n) is 3.22. The molecule has 16 heavy (non-hydrogen) atoms. The van der Waals surface area contributed by atoms with Gasteiger partial charge in [-0.2, -0.15) is 0 Å². The van der Waals surface area contributed by atoms with Gasteiger partial charge >= 0.3 is 0 Å². The van der Waals surface area contributed by atoms with E-state index in [1.807, 2.05) is 0 Å². The summed E-state index contributed by atoms with van der Waals surface area (Å²) in [7, 11) is 0. The molecule has 84 valence electrons. The van der Waals surface area contributed by atoms with Gasteiger partial charge in [-0.3, -0.25) is 10.1 Å². The largest absolute Gasteiger partial charge is 0.472 e. The number of nitrogens with zero attached hydrogens (tertiary/aromatic N) is 1. The third-order valence-corrected chi connectivity index (χ3v) is 2.73. The van der Waals surface area contributed by atoms with Crippen LogP contribution >= 0.6 is 11.3 Å². The van der Waals surface area contributed by atoms with Gasteiger partial charge in [0.2, 0.25) is 0 Å². The molecule has 2 N–H and O–H groups in total. The molecule has 0 spiro atoms. The third kappa shape index (κ3) is 2.29. The van der Waals surface area contributed by atoms with Crippen molar-refractivity contribution in [2.24, 2.45) is 0 Å². The lowest BCUT2D eigenvalue weighted by Gasteiger charge is -1.98. The number of amides is 1. The highest BCUT2D eigenvalue weighted by atomic mass is 32.1. The summed E-state index contributed by atoms with van der Waals surface area (Å²) in [5.74, 6) is -0.278. The van der Waals surface area contributed by atoms with Gasteiger partial charge in [-0.25, -0.2) is 4.98 Å². The van der Waals surface area contributed by atoms with Crippen molar-refractivity contribution >= 4 is 22.4 Å². The minimum absolute atomic E-state index is 0.278. The lowest BCUT2D eigenvalue weighted by molar-refractivity contribution is 0.102. The Hall–Kier alpha value is -1.66. The summed E-state index contributed by atoms with van der Waals surface area (Å²) in [5, 5.41) is 14.1. The fourth-order valence-corrected chi connectivity index (χ4v) is 1.89. The molecule has 6 heteroatoms. The zero-order chi connectivity index (χ0) is 11.5. The van der Waals surface area contributed by atoms with Crippen LogP contribution in [0.4, 0.5) is 5.13 Å². The van der Waals surface area contributed by atoms with Crippen LogP contribution in [0, 0.1) is 0 Å². The molecule has 0 fully saturated rings. The quantitative estimate of drug-likeness (QED) is 0.858. The molecule has 0 saturated heterocycles. The van der Waals surface area contributed by atoms with E-state index in [9.17, 15) is 9.90 Å². The van der Waals surface area contributed by atoms with Gasteiger partial charge in [-0.1, -0.05) is 0 Å². The number of aliphatic hydroxyl groups excluding tert-OH is 1. The van der Waals surface area contributed by atoms with Crippen molar-refractivity contribution in [2.45, 2.75) is 13.0 Å². The molecule has 1 atom stereocenters. The third-order valence-electron chi connectivity index (χ3n) is 1.95. The first-order valence-corrected chi connectivity index (χ1v) is 5.52. The fraction of sp³-hybridized carbons (Fsp3) is 0.200. The molecule has 0 aromatic carbocycles. The van der Waals surface area contributed by atoms with Gasteiger partial charge in [0.05, 0.1) is 23.6 Å². The number of anilines is 1. The Balaban J connectivity index is 2.07. The number of rotatable bonds is 3. The van der Waals surface area contributed by atoms with Gasteiger partial charge in [-0.05, 0) is 13.0 Å². The molecule has 0 radical (unpaired) electrons. The Bertz CT molecular complexity index is 476. The monoisotopic (exact) mass is 238 g/mol. The molecule has 2 aromatic rings. The van der Waals surface area contributed by atoms with Crippen LogP contribution in [0.3, 0.4) is 0 Å². The summed E-state index contributed by atoms with van der Waals surface area (Å²) < 4.78 is 4.80. The number of nitrogens with one attached hydrogen (secondary N) is 1. The molecule has 2 aromatic heterocycles. The highest BCUT2D eigenvalue weighted by molar-refractivity contribution is 7.14. The molecule has 2 rings (SSSR count). The van der Waals surface area contributed by atoms with Gasteiger partial charge in [0.1, 0.15) is 6.26 Å². The SMILES string of the molecule is CC(O)c1csc(NC(=O)c2ccoc2)n1. The van der Waals surface area contributed by atoms with Crippen LogP contribution < -0.4 is 5.32 Å². The Labute approximate surface area is 95.7 Å². The van der Waals surface area contributed by atoms with E-state index >= 15 is 0 Å². The van der Waals surface area contributed by atoms with Crippen LogP contribution in [0.1, 0.15) is 29.1 Å². The normalized spacial score (nSPS) is 12.4. The first-order valence-electron chi connectivity index (χ1n) is 4.64. The summed E-state index contributed by atoms with van der Waals surface area (Å²) in [6, 6.07) is 1.57. The second-order valence-corrected chi connectivity index (χ2v) is 4.08. The van der Waals surface area contributed by atoms with Crippen LogP contribution in [-0.2, 0) is 0 Å². The topological polar surface area (TPSA) is 75.4 Å². The number of carbonyl (C=O) groups is 1. The van der Waals surface area contributed by atoms with Gasteiger partial charge in [0, 0.05) is 5.38 Å². The lowest BCUT2D eigenvalue weighted by Crippen LogP contribution is -2.10. The van der Waals surface area contributed by atoms with E-state index in [1.165, 1.54) is 23.9 Å². The highest BCUT2D eigenvalue weighted by Gasteiger charge is 2.11. The summed E-state index contributed by atoms with van der Waals surface area (Å²) in [6.07, 6.45) is 2.16. The number of furan rings is 1. The van der Waals surface area contributed by atoms with Crippen molar-refractivity contribution in [3.8, 4) is 0 Å². The molecule has 0 aliphatic rings. The fourth-order valence-electron chi connectivity index (χ4n) is 1.10. The first kappa shape index (κ1) is 10.8. The molecule has 0 bridgehead atoms. The molecule has 1 unspecified atom stereocenters. The van der Waals surface area contributed by atoms with Crippen LogP contribution in [0.5, 0.6) is 0 Å². The van der Waals surface area contributed by atoms with Crippen LogP contribution in [0.2, 0.25) is 0 Å². The van der Waals surface area contributed by atoms with Gasteiger partial charge in [0.15, 0.2) is 5.13 Å². The molecular weight excluding hydrogens is 228 g/mol. The van der Waals surface area contributed by atoms with Crippen molar-refractivity contribution in [3.05, 3.63) is 35.2 Å². The molecule has 0 saturated carbocycles. The van der Waals surface area contributed by atoms with E-state index in [-0.39, 0.29) is 5.91 Å². The average molecular weight is 238 g/mol. The van der Waals surface area contributed by atoms with Gasteiger partial charge in [0.25, 0.3) is 5.91 Å². The van der Waals surface area contributed by atoms with E-state index in [0.717, 1.165) is 0 Å². The minimum atomic E-state index is -0.629. The van der Waals surface area contributed by atoms with Crippen molar-refractivity contribution < 1.29 is 14.3 Å². The molecule has 0 aliphatic carbocycles. The maximum atomic E-state index is 11.6. The standard InChI is InChI=1S/C10H10N2O3S/c1-6(13)8-5-16-10(11-8)12-9(14)7-2-3-15-4-7/h2-6,13H,1H3,(H,11,12,14). The predicted molar refractivity (Wildman–Crippen MR) is 59.4 cm³/mol. The van der Waals surface area contributed by atoms with Crippen LogP contribution in [-0.4, -0.2) is 16.0 Å². The smallest absolute Gasteiger partial charge is 0.260 e. The molecule has 5 nitrogen and oxygen atoms in total. The van der Waals surface area contributed by atoms with E-state index in [4.69, 9.17) is 4.42 Å². The van der Waals surface area contributed by atoms with Crippen molar-refractivity contribution in [2.75, 3.05) is 5.32 Å². The molecule has 2 heterocycles. The first-order chi connectivity index (χ1) is 7.66. The van der Waals surface area contributed by atoms with Crippen LogP contribution in [0.25, 0.3) is 0 Å². The van der Waals surface area contributed by atoms with E-state index in [0.29, 0.717) is 16.4 Å². The number of aromatic nitrogens is 1. The summed E-state index contributed by atoms with van der Waals surface area (Å²) in [5.41, 5.74) is 0.987. The lowest BCUT2D eigenvalue weighted by atomic mass is 10.3. The zero-order valence-corrected chi connectivity index (χ0v) is 9.32. The summed E-state index contributed by atoms with van der Waals surface area (Å²) in [6.45, 7) is 1.62. The predicted octanol–water partition coefficient (Wildman–Crippen LogP) is 2.04. The molecule has 1 amide bonds. The summed E-state index contributed by atoms with van der Waals surface area (Å²) in [4.78, 5) is 15.7. The Morgan fingerprint density at radius 1 is 1.69 bits per heavy atom. The summed E-state index contributed by atoms with van der Waals surface area (Å²) >= 11 is 1.27. The Morgan fingerprint density at radius 2 is 2.50 bits per heavy atom. The number of hydrogen-bond acceptors (Lipinski definition) is 5. The maximum absolute atomic E-state index is 11.6. The van der Waals surface area contributed by atoms with Crippen molar-refractivity contribution in [1.82, 2.24) is 4.98 Å². The van der Waals surface area contributed by atoms with Gasteiger partial charge < -0.3 is 9.52 Å². The number of hydrogen-bond donors (Lipinski definition) is 2. The minimum Gasteiger partial charge on any atom is -0.472 e. The maximum Gasteiger partial charge on any atom is 0.260 e. The highest BCUT2D eigenvalue weighted by Crippen LogP contribution is 2.20. The van der Waals surface area contributed by atoms with Gasteiger partial charge in [-0.15, -0.1) is 11.3 Å². The Kier molecular flexibility index (Phi) is 3.02. The number of carbonyl (C=O) groups excluding carboxylic acids is 1. The van der Waals surface area contributed by atoms with E-state index < -0.39 is 6.10 Å².